The molecule has 138 valence electrons. The van der Waals surface area contributed by atoms with Crippen LogP contribution in [-0.2, 0) is 20.9 Å². The lowest BCUT2D eigenvalue weighted by Gasteiger charge is -2.28. The lowest BCUT2D eigenvalue weighted by molar-refractivity contribution is -0.110. The highest BCUT2D eigenvalue weighted by Crippen LogP contribution is 2.44. The highest BCUT2D eigenvalue weighted by Gasteiger charge is 2.34. The summed E-state index contributed by atoms with van der Waals surface area (Å²) in [6.07, 6.45) is 1.67. The van der Waals surface area contributed by atoms with Crippen LogP contribution in [0.5, 0.6) is 0 Å². The van der Waals surface area contributed by atoms with Crippen molar-refractivity contribution in [1.29, 1.82) is 0 Å². The molecule has 0 unspecified atom stereocenters. The number of pyridine rings is 1. The summed E-state index contributed by atoms with van der Waals surface area (Å²) < 4.78 is 24.9. The van der Waals surface area contributed by atoms with E-state index in [1.165, 1.54) is 12.1 Å². The van der Waals surface area contributed by atoms with Crippen LogP contribution in [-0.4, -0.2) is 37.2 Å². The molecule has 1 N–H and O–H groups in total. The van der Waals surface area contributed by atoms with Gasteiger partial charge in [-0.2, -0.15) is 0 Å². The van der Waals surface area contributed by atoms with Gasteiger partial charge in [0, 0.05) is 41.7 Å². The van der Waals surface area contributed by atoms with E-state index in [0.29, 0.717) is 52.2 Å². The van der Waals surface area contributed by atoms with Crippen molar-refractivity contribution in [2.45, 2.75) is 6.61 Å². The largest absolute Gasteiger partial charge is 0.487 e. The molecule has 8 heteroatoms. The molecule has 0 radical (unpaired) electrons. The van der Waals surface area contributed by atoms with E-state index < -0.39 is 5.82 Å². The Labute approximate surface area is 159 Å². The molecule has 3 aliphatic rings. The maximum Gasteiger partial charge on any atom is 0.260 e. The van der Waals surface area contributed by atoms with E-state index in [2.05, 4.69) is 15.2 Å². The minimum Gasteiger partial charge on any atom is -0.487 e. The molecule has 3 aliphatic heterocycles. The number of nitrogens with zero attached hydrogens (tertiary/aromatic N) is 2. The van der Waals surface area contributed by atoms with Crippen molar-refractivity contribution in [1.82, 2.24) is 4.98 Å². The van der Waals surface area contributed by atoms with E-state index in [0.717, 1.165) is 18.7 Å². The number of carbonyl (C=O) groups excluding carboxylic acids is 1. The fourth-order valence-electron chi connectivity index (χ4n) is 3.64. The molecule has 1 amide bonds. The topological polar surface area (TPSA) is 63.7 Å². The standard InChI is InChI=1S/C19H15ClFN3O3/c20-16-13-9-27-17(12(13)8-22-18(16)24-3-5-26-6-4-24)15-11-7-10(21)1-2-14(11)23-19(15)25/h1-2,7-8H,3-6,9H2,(H,23,25). The number of morpholine rings is 1. The van der Waals surface area contributed by atoms with Gasteiger partial charge >= 0.3 is 0 Å². The maximum absolute atomic E-state index is 13.7. The number of nitrogens with one attached hydrogen (secondary N) is 1. The Bertz CT molecular complexity index is 1000. The number of carbonyl (C=O) groups is 1. The molecule has 0 atom stereocenters. The number of anilines is 2. The van der Waals surface area contributed by atoms with E-state index in [-0.39, 0.29) is 12.5 Å². The summed E-state index contributed by atoms with van der Waals surface area (Å²) in [4.78, 5) is 19.1. The number of hydrogen-bond acceptors (Lipinski definition) is 5. The van der Waals surface area contributed by atoms with Gasteiger partial charge in [0.05, 0.1) is 23.8 Å². The average Bonchev–Trinajstić information content (AvgIpc) is 3.23. The normalized spacial score (nSPS) is 21.0. The first-order valence-corrected chi connectivity index (χ1v) is 9.00. The highest BCUT2D eigenvalue weighted by atomic mass is 35.5. The summed E-state index contributed by atoms with van der Waals surface area (Å²) in [6, 6.07) is 4.18. The third kappa shape index (κ3) is 2.57. The molecule has 1 aromatic carbocycles. The van der Waals surface area contributed by atoms with Gasteiger partial charge in [0.1, 0.15) is 24.0 Å². The van der Waals surface area contributed by atoms with E-state index in [9.17, 15) is 9.18 Å². The zero-order valence-corrected chi connectivity index (χ0v) is 15.0. The second kappa shape index (κ2) is 6.21. The van der Waals surface area contributed by atoms with Gasteiger partial charge in [-0.05, 0) is 18.2 Å². The van der Waals surface area contributed by atoms with Crippen molar-refractivity contribution >= 4 is 40.3 Å². The van der Waals surface area contributed by atoms with Crippen LogP contribution in [0.4, 0.5) is 15.9 Å². The van der Waals surface area contributed by atoms with E-state index in [1.807, 2.05) is 0 Å². The number of hydrogen-bond donors (Lipinski definition) is 1. The van der Waals surface area contributed by atoms with Gasteiger partial charge in [0.25, 0.3) is 5.91 Å². The SMILES string of the molecule is O=C1Nc2ccc(F)cc2C1=C1OCc2c1cnc(N1CCOCC1)c2Cl. The smallest absolute Gasteiger partial charge is 0.260 e. The van der Waals surface area contributed by atoms with Gasteiger partial charge in [-0.25, -0.2) is 9.37 Å². The molecule has 2 aromatic rings. The minimum absolute atomic E-state index is 0.241. The molecule has 0 bridgehead atoms. The van der Waals surface area contributed by atoms with Gasteiger partial charge in [-0.3, -0.25) is 4.79 Å². The fourth-order valence-corrected chi connectivity index (χ4v) is 3.96. The summed E-state index contributed by atoms with van der Waals surface area (Å²) in [5, 5.41) is 3.26. The predicted octanol–water partition coefficient (Wildman–Crippen LogP) is 3.06. The molecular weight excluding hydrogens is 373 g/mol. The zero-order valence-electron chi connectivity index (χ0n) is 14.2. The van der Waals surface area contributed by atoms with Gasteiger partial charge in [-0.1, -0.05) is 11.6 Å². The molecule has 6 nitrogen and oxygen atoms in total. The minimum atomic E-state index is -0.416. The number of aromatic nitrogens is 1. The summed E-state index contributed by atoms with van der Waals surface area (Å²) in [6.45, 7) is 2.93. The molecule has 1 aromatic heterocycles. The van der Waals surface area contributed by atoms with Crippen LogP contribution in [0.3, 0.4) is 0 Å². The molecule has 0 saturated carbocycles. The maximum atomic E-state index is 13.7. The predicted molar refractivity (Wildman–Crippen MR) is 98.9 cm³/mol. The van der Waals surface area contributed by atoms with Crippen molar-refractivity contribution in [2.24, 2.45) is 0 Å². The van der Waals surface area contributed by atoms with Crippen LogP contribution in [0.25, 0.3) is 11.3 Å². The summed E-state index contributed by atoms with van der Waals surface area (Å²) in [7, 11) is 0. The van der Waals surface area contributed by atoms with Gasteiger partial charge in [0.15, 0.2) is 0 Å². The number of benzene rings is 1. The number of rotatable bonds is 1. The number of fused-ring (bicyclic) bond motifs is 2. The summed E-state index contributed by atoms with van der Waals surface area (Å²) in [5.41, 5.74) is 2.80. The van der Waals surface area contributed by atoms with Crippen LogP contribution in [0.2, 0.25) is 5.02 Å². The molecule has 1 saturated heterocycles. The summed E-state index contributed by atoms with van der Waals surface area (Å²) >= 11 is 6.61. The van der Waals surface area contributed by atoms with E-state index >= 15 is 0 Å². The number of ether oxygens (including phenoxy) is 2. The Balaban J connectivity index is 1.62. The zero-order chi connectivity index (χ0) is 18.5. The second-order valence-electron chi connectivity index (χ2n) is 6.52. The lowest BCUT2D eigenvalue weighted by atomic mass is 10.0. The van der Waals surface area contributed by atoms with Gasteiger partial charge < -0.3 is 19.7 Å². The first kappa shape index (κ1) is 16.5. The van der Waals surface area contributed by atoms with E-state index in [4.69, 9.17) is 21.1 Å². The Morgan fingerprint density at radius 3 is 2.85 bits per heavy atom. The van der Waals surface area contributed by atoms with Crippen molar-refractivity contribution < 1.29 is 18.7 Å². The molecule has 0 aliphatic carbocycles. The second-order valence-corrected chi connectivity index (χ2v) is 6.90. The molecule has 27 heavy (non-hydrogen) atoms. The Kier molecular flexibility index (Phi) is 3.80. The van der Waals surface area contributed by atoms with Gasteiger partial charge in [0.2, 0.25) is 0 Å². The molecule has 0 spiro atoms. The fraction of sp³-hybridized carbons (Fsp3) is 0.263. The third-order valence-electron chi connectivity index (χ3n) is 4.97. The highest BCUT2D eigenvalue weighted by molar-refractivity contribution is 6.37. The monoisotopic (exact) mass is 387 g/mol. The Morgan fingerprint density at radius 1 is 1.22 bits per heavy atom. The number of halogens is 2. The lowest BCUT2D eigenvalue weighted by Crippen LogP contribution is -2.37. The van der Waals surface area contributed by atoms with Gasteiger partial charge in [-0.15, -0.1) is 0 Å². The van der Waals surface area contributed by atoms with E-state index in [1.54, 1.807) is 12.3 Å². The summed E-state index contributed by atoms with van der Waals surface area (Å²) in [5.74, 6) is 0.331. The van der Waals surface area contributed by atoms with Crippen LogP contribution >= 0.6 is 11.6 Å². The van der Waals surface area contributed by atoms with Crippen molar-refractivity contribution in [3.05, 3.63) is 51.9 Å². The first-order valence-electron chi connectivity index (χ1n) is 8.62. The Morgan fingerprint density at radius 2 is 2.04 bits per heavy atom. The first-order chi connectivity index (χ1) is 13.1. The molecule has 4 heterocycles. The molecular formula is C19H15ClFN3O3. The quantitative estimate of drug-likeness (QED) is 0.762. The van der Waals surface area contributed by atoms with Crippen LogP contribution in [0.1, 0.15) is 16.7 Å². The third-order valence-corrected chi connectivity index (χ3v) is 5.37. The van der Waals surface area contributed by atoms with Crippen molar-refractivity contribution in [3.8, 4) is 0 Å². The number of amides is 1. The molecule has 1 fully saturated rings. The average molecular weight is 388 g/mol. The van der Waals surface area contributed by atoms with Crippen molar-refractivity contribution in [3.63, 3.8) is 0 Å². The van der Waals surface area contributed by atoms with Crippen LogP contribution in [0, 0.1) is 5.82 Å². The van der Waals surface area contributed by atoms with Crippen LogP contribution < -0.4 is 10.2 Å². The van der Waals surface area contributed by atoms with Crippen LogP contribution in [0.15, 0.2) is 24.4 Å². The molecule has 5 rings (SSSR count). The van der Waals surface area contributed by atoms with Crippen molar-refractivity contribution in [2.75, 3.05) is 36.5 Å². The Hall–Kier alpha value is -2.64.